The van der Waals surface area contributed by atoms with E-state index in [1.165, 1.54) is 6.20 Å². The number of fused-ring (bicyclic) bond motifs is 1. The number of nitrogens with zero attached hydrogens (tertiary/aromatic N) is 2. The molecule has 1 aliphatic heterocycles. The molecule has 0 radical (unpaired) electrons. The Bertz CT molecular complexity index is 1140. The summed E-state index contributed by atoms with van der Waals surface area (Å²) in [5.74, 6) is -0.288. The van der Waals surface area contributed by atoms with Crippen LogP contribution in [0, 0.1) is 0 Å². The van der Waals surface area contributed by atoms with Crippen molar-refractivity contribution in [2.75, 3.05) is 26.2 Å². The Morgan fingerprint density at radius 1 is 1.24 bits per heavy atom. The first kappa shape index (κ1) is 23.5. The molecule has 2 heterocycles. The van der Waals surface area contributed by atoms with E-state index in [0.29, 0.717) is 31.0 Å². The molecule has 4 rings (SSSR count). The lowest BCUT2D eigenvalue weighted by atomic mass is 10.0. The molecule has 1 fully saturated rings. The van der Waals surface area contributed by atoms with Crippen LogP contribution in [-0.2, 0) is 16.0 Å². The fourth-order valence-electron chi connectivity index (χ4n) is 4.30. The Morgan fingerprint density at radius 2 is 2.06 bits per heavy atom. The maximum absolute atomic E-state index is 13.4. The standard InChI is InChI=1S/C26H28N2O6/c1-2-28(25(30)14-22-13-19-6-3-4-9-24(19)34-22)23(16-27-11-10-20(29)15-27)18-7-5-8-21(12-18)33-17-26(31)32/h2-9,12-13,20,23,29H,1,10-11,14-17H2,(H,31,32)/t20-,23+/m0/s1. The van der Waals surface area contributed by atoms with Gasteiger partial charge in [0.2, 0.25) is 5.91 Å². The molecule has 1 aromatic heterocycles. The van der Waals surface area contributed by atoms with E-state index < -0.39 is 24.7 Å². The fraction of sp³-hybridized carbons (Fsp3) is 0.308. The molecule has 0 spiro atoms. The van der Waals surface area contributed by atoms with Crippen molar-refractivity contribution in [2.45, 2.75) is 25.0 Å². The minimum Gasteiger partial charge on any atom is -0.482 e. The molecule has 0 saturated carbocycles. The molecule has 2 aromatic carbocycles. The van der Waals surface area contributed by atoms with E-state index in [1.54, 1.807) is 23.1 Å². The summed E-state index contributed by atoms with van der Waals surface area (Å²) in [5, 5.41) is 19.8. The highest BCUT2D eigenvalue weighted by Gasteiger charge is 2.29. The highest BCUT2D eigenvalue weighted by atomic mass is 16.5. The van der Waals surface area contributed by atoms with Crippen LogP contribution >= 0.6 is 0 Å². The summed E-state index contributed by atoms with van der Waals surface area (Å²) in [5.41, 5.74) is 1.50. The van der Waals surface area contributed by atoms with Gasteiger partial charge in [-0.05, 0) is 36.2 Å². The summed E-state index contributed by atoms with van der Waals surface area (Å²) >= 11 is 0. The summed E-state index contributed by atoms with van der Waals surface area (Å²) in [4.78, 5) is 28.0. The number of ether oxygens (including phenoxy) is 1. The average Bonchev–Trinajstić information content (AvgIpc) is 3.42. The van der Waals surface area contributed by atoms with E-state index in [9.17, 15) is 14.7 Å². The molecule has 1 aliphatic rings. The molecule has 178 valence electrons. The van der Waals surface area contributed by atoms with Gasteiger partial charge in [0.05, 0.1) is 18.6 Å². The summed E-state index contributed by atoms with van der Waals surface area (Å²) in [6.45, 7) is 5.15. The zero-order valence-electron chi connectivity index (χ0n) is 18.8. The van der Waals surface area contributed by atoms with Gasteiger partial charge in [0.1, 0.15) is 17.1 Å². The number of para-hydroxylation sites is 1. The molecule has 2 atom stereocenters. The topological polar surface area (TPSA) is 103 Å². The number of carbonyl (C=O) groups is 2. The van der Waals surface area contributed by atoms with Crippen molar-refractivity contribution in [1.82, 2.24) is 9.80 Å². The number of hydrogen-bond donors (Lipinski definition) is 2. The summed E-state index contributed by atoms with van der Waals surface area (Å²) in [6, 6.07) is 16.1. The Balaban J connectivity index is 1.59. The molecule has 2 N–H and O–H groups in total. The van der Waals surface area contributed by atoms with E-state index in [0.717, 1.165) is 23.1 Å². The second kappa shape index (κ2) is 10.5. The van der Waals surface area contributed by atoms with Crippen LogP contribution in [0.25, 0.3) is 11.0 Å². The lowest BCUT2D eigenvalue weighted by Gasteiger charge is -2.32. The smallest absolute Gasteiger partial charge is 0.341 e. The largest absolute Gasteiger partial charge is 0.482 e. The lowest BCUT2D eigenvalue weighted by molar-refractivity contribution is -0.139. The van der Waals surface area contributed by atoms with Crippen molar-refractivity contribution >= 4 is 22.8 Å². The van der Waals surface area contributed by atoms with Gasteiger partial charge in [-0.3, -0.25) is 9.69 Å². The molecule has 0 bridgehead atoms. The average molecular weight is 465 g/mol. The number of aliphatic hydroxyl groups is 1. The molecule has 1 saturated heterocycles. The van der Waals surface area contributed by atoms with Crippen molar-refractivity contribution in [3.8, 4) is 5.75 Å². The van der Waals surface area contributed by atoms with Gasteiger partial charge < -0.3 is 24.3 Å². The van der Waals surface area contributed by atoms with Crippen molar-refractivity contribution < 1.29 is 29.0 Å². The second-order valence-corrected chi connectivity index (χ2v) is 8.38. The van der Waals surface area contributed by atoms with Crippen LogP contribution in [0.5, 0.6) is 5.75 Å². The van der Waals surface area contributed by atoms with Crippen molar-refractivity contribution in [1.29, 1.82) is 0 Å². The number of amides is 1. The first-order valence-corrected chi connectivity index (χ1v) is 11.2. The highest BCUT2D eigenvalue weighted by molar-refractivity contribution is 5.83. The molecule has 8 heteroatoms. The maximum Gasteiger partial charge on any atom is 0.341 e. The SMILES string of the molecule is C=CN(C(=O)Cc1cc2ccccc2o1)[C@H](CN1CC[C@H](O)C1)c1cccc(OCC(=O)O)c1. The second-order valence-electron chi connectivity index (χ2n) is 8.38. The third-order valence-electron chi connectivity index (χ3n) is 5.91. The predicted molar refractivity (Wildman–Crippen MR) is 126 cm³/mol. The zero-order chi connectivity index (χ0) is 24.1. The van der Waals surface area contributed by atoms with E-state index in [4.69, 9.17) is 14.3 Å². The van der Waals surface area contributed by atoms with Crippen LogP contribution in [0.4, 0.5) is 0 Å². The quantitative estimate of drug-likeness (QED) is 0.475. The lowest BCUT2D eigenvalue weighted by Crippen LogP contribution is -2.39. The summed E-state index contributed by atoms with van der Waals surface area (Å²) in [6.07, 6.45) is 1.85. The van der Waals surface area contributed by atoms with Crippen LogP contribution in [0.3, 0.4) is 0 Å². The molecular weight excluding hydrogens is 436 g/mol. The van der Waals surface area contributed by atoms with Gasteiger partial charge in [-0.1, -0.05) is 36.9 Å². The number of carbonyl (C=O) groups excluding carboxylic acids is 1. The van der Waals surface area contributed by atoms with Gasteiger partial charge in [-0.15, -0.1) is 0 Å². The van der Waals surface area contributed by atoms with Crippen LogP contribution in [0.2, 0.25) is 0 Å². The third kappa shape index (κ3) is 5.65. The molecular formula is C26H28N2O6. The number of aliphatic hydroxyl groups excluding tert-OH is 1. The number of hydrogen-bond acceptors (Lipinski definition) is 6. The van der Waals surface area contributed by atoms with Gasteiger partial charge in [0, 0.05) is 31.2 Å². The molecule has 8 nitrogen and oxygen atoms in total. The Kier molecular flexibility index (Phi) is 7.30. The first-order valence-electron chi connectivity index (χ1n) is 11.2. The van der Waals surface area contributed by atoms with E-state index in [1.807, 2.05) is 36.4 Å². The number of likely N-dealkylation sites (tertiary alicyclic amines) is 1. The van der Waals surface area contributed by atoms with E-state index in [2.05, 4.69) is 11.5 Å². The number of benzene rings is 2. The normalized spacial score (nSPS) is 16.9. The maximum atomic E-state index is 13.4. The first-order chi connectivity index (χ1) is 16.4. The number of furan rings is 1. The van der Waals surface area contributed by atoms with Crippen molar-refractivity contribution in [2.24, 2.45) is 0 Å². The summed E-state index contributed by atoms with van der Waals surface area (Å²) in [7, 11) is 0. The van der Waals surface area contributed by atoms with Crippen LogP contribution in [-0.4, -0.2) is 64.2 Å². The van der Waals surface area contributed by atoms with Crippen LogP contribution < -0.4 is 4.74 Å². The van der Waals surface area contributed by atoms with E-state index in [-0.39, 0.29) is 12.3 Å². The number of aliphatic carboxylic acids is 1. The van der Waals surface area contributed by atoms with Crippen molar-refractivity contribution in [3.63, 3.8) is 0 Å². The summed E-state index contributed by atoms with van der Waals surface area (Å²) < 4.78 is 11.2. The monoisotopic (exact) mass is 464 g/mol. The predicted octanol–water partition coefficient (Wildman–Crippen LogP) is 3.22. The van der Waals surface area contributed by atoms with Gasteiger partial charge >= 0.3 is 5.97 Å². The number of β-amino-alcohol motifs (C(OH)–C–C–N with tert-alkyl or cyclic N) is 1. The van der Waals surface area contributed by atoms with Crippen LogP contribution in [0.1, 0.15) is 23.8 Å². The molecule has 1 amide bonds. The Morgan fingerprint density at radius 3 is 2.76 bits per heavy atom. The fourth-order valence-corrected chi connectivity index (χ4v) is 4.30. The molecule has 3 aromatic rings. The molecule has 0 aliphatic carbocycles. The minimum atomic E-state index is -1.07. The number of carboxylic acid groups (broad SMARTS) is 1. The van der Waals surface area contributed by atoms with Gasteiger partial charge in [0.15, 0.2) is 6.61 Å². The minimum absolute atomic E-state index is 0.0645. The van der Waals surface area contributed by atoms with Gasteiger partial charge in [-0.25, -0.2) is 4.79 Å². The van der Waals surface area contributed by atoms with Crippen molar-refractivity contribution in [3.05, 3.63) is 78.7 Å². The number of carboxylic acids is 1. The van der Waals surface area contributed by atoms with Crippen LogP contribution in [0.15, 0.2) is 71.8 Å². The van der Waals surface area contributed by atoms with Gasteiger partial charge in [-0.2, -0.15) is 0 Å². The Hall–Kier alpha value is -3.62. The molecule has 0 unspecified atom stereocenters. The third-order valence-corrected chi connectivity index (χ3v) is 5.91. The van der Waals surface area contributed by atoms with E-state index >= 15 is 0 Å². The zero-order valence-corrected chi connectivity index (χ0v) is 18.8. The van der Waals surface area contributed by atoms with Gasteiger partial charge in [0.25, 0.3) is 0 Å². The highest BCUT2D eigenvalue weighted by Crippen LogP contribution is 2.29. The molecule has 34 heavy (non-hydrogen) atoms. The Labute approximate surface area is 197 Å². The number of rotatable bonds is 10.